The first-order valence-electron chi connectivity index (χ1n) is 11.9. The van der Waals surface area contributed by atoms with E-state index in [4.69, 9.17) is 4.98 Å². The van der Waals surface area contributed by atoms with Crippen LogP contribution in [0.25, 0.3) is 54.7 Å². The molecule has 0 aliphatic heterocycles. The summed E-state index contributed by atoms with van der Waals surface area (Å²) in [4.78, 5) is 4.98. The third-order valence-corrected chi connectivity index (χ3v) is 7.43. The van der Waals surface area contributed by atoms with E-state index in [-0.39, 0.29) is 0 Å². The topological polar surface area (TPSA) is 12.9 Å². The number of aryl methyl sites for hydroxylation is 2. The monoisotopic (exact) mass is 437 g/mol. The zero-order valence-corrected chi connectivity index (χ0v) is 20.1. The second-order valence-corrected chi connectivity index (χ2v) is 9.39. The van der Waals surface area contributed by atoms with Crippen molar-refractivity contribution in [1.29, 1.82) is 0 Å². The highest BCUT2D eigenvalue weighted by atomic mass is 14.7. The van der Waals surface area contributed by atoms with E-state index < -0.39 is 0 Å². The first kappa shape index (κ1) is 20.6. The Morgan fingerprint density at radius 3 is 1.85 bits per heavy atom. The van der Waals surface area contributed by atoms with Crippen LogP contribution in [-0.2, 0) is 0 Å². The van der Waals surface area contributed by atoms with Crippen LogP contribution in [-0.4, -0.2) is 4.98 Å². The SMILES string of the molecule is Cc1cc(C)c(C)c(-c2c3ccccc3c(-c3ccc4ccccc4c3)c3ncccc23)c1C. The number of aromatic nitrogens is 1. The molecule has 1 aromatic heterocycles. The molecule has 1 heterocycles. The van der Waals surface area contributed by atoms with Gasteiger partial charge in [-0.25, -0.2) is 0 Å². The Labute approximate surface area is 200 Å². The van der Waals surface area contributed by atoms with E-state index in [9.17, 15) is 0 Å². The molecular formula is C33H27N. The number of hydrogen-bond acceptors (Lipinski definition) is 1. The van der Waals surface area contributed by atoms with Crippen molar-refractivity contribution in [3.8, 4) is 22.3 Å². The molecule has 0 aliphatic carbocycles. The molecule has 0 radical (unpaired) electrons. The predicted molar refractivity (Wildman–Crippen MR) is 147 cm³/mol. The minimum Gasteiger partial charge on any atom is -0.256 e. The van der Waals surface area contributed by atoms with Gasteiger partial charge in [-0.2, -0.15) is 0 Å². The number of rotatable bonds is 2. The van der Waals surface area contributed by atoms with E-state index in [2.05, 4.69) is 113 Å². The van der Waals surface area contributed by atoms with Crippen LogP contribution in [0.5, 0.6) is 0 Å². The van der Waals surface area contributed by atoms with Crippen LogP contribution in [0.4, 0.5) is 0 Å². The van der Waals surface area contributed by atoms with Gasteiger partial charge in [0.25, 0.3) is 0 Å². The van der Waals surface area contributed by atoms with Crippen molar-refractivity contribution in [1.82, 2.24) is 4.98 Å². The molecule has 1 nitrogen and oxygen atoms in total. The van der Waals surface area contributed by atoms with Gasteiger partial charge in [0.1, 0.15) is 0 Å². The van der Waals surface area contributed by atoms with E-state index in [0.717, 1.165) is 5.52 Å². The van der Waals surface area contributed by atoms with E-state index in [1.54, 1.807) is 0 Å². The van der Waals surface area contributed by atoms with Gasteiger partial charge in [-0.05, 0) is 100 Å². The Hall–Kier alpha value is -3.97. The van der Waals surface area contributed by atoms with Crippen molar-refractivity contribution >= 4 is 32.4 Å². The fourth-order valence-corrected chi connectivity index (χ4v) is 5.50. The highest BCUT2D eigenvalue weighted by Gasteiger charge is 2.20. The highest BCUT2D eigenvalue weighted by molar-refractivity contribution is 6.21. The Bertz CT molecular complexity index is 1660. The lowest BCUT2D eigenvalue weighted by Gasteiger charge is -2.21. The van der Waals surface area contributed by atoms with Gasteiger partial charge in [-0.3, -0.25) is 4.98 Å². The number of hydrogen-bond donors (Lipinski definition) is 0. The number of nitrogens with zero attached hydrogens (tertiary/aromatic N) is 1. The number of fused-ring (bicyclic) bond motifs is 3. The van der Waals surface area contributed by atoms with Crippen LogP contribution >= 0.6 is 0 Å². The Morgan fingerprint density at radius 2 is 1.12 bits per heavy atom. The first-order valence-corrected chi connectivity index (χ1v) is 11.9. The summed E-state index contributed by atoms with van der Waals surface area (Å²) in [6.45, 7) is 8.95. The lowest BCUT2D eigenvalue weighted by molar-refractivity contribution is 1.25. The standard InChI is InChI=1S/C33H27N/c1-20-18-21(2)23(4)30(22(20)3)32-28-13-8-7-12-27(28)31(33-29(32)14-9-17-34-33)26-16-15-24-10-5-6-11-25(24)19-26/h5-19H,1-4H3. The van der Waals surface area contributed by atoms with Crippen LogP contribution in [0.1, 0.15) is 22.3 Å². The maximum atomic E-state index is 4.98. The summed E-state index contributed by atoms with van der Waals surface area (Å²) in [6, 6.07) is 30.8. The lowest BCUT2D eigenvalue weighted by Crippen LogP contribution is -1.98. The predicted octanol–water partition coefficient (Wildman–Crippen LogP) is 9.11. The van der Waals surface area contributed by atoms with Gasteiger partial charge in [0.15, 0.2) is 0 Å². The van der Waals surface area contributed by atoms with Crippen molar-refractivity contribution in [2.45, 2.75) is 27.7 Å². The zero-order chi connectivity index (χ0) is 23.4. The van der Waals surface area contributed by atoms with E-state index in [1.807, 2.05) is 6.20 Å². The van der Waals surface area contributed by atoms with E-state index in [1.165, 1.54) is 71.4 Å². The van der Waals surface area contributed by atoms with Crippen LogP contribution in [0, 0.1) is 27.7 Å². The molecule has 164 valence electrons. The Balaban J connectivity index is 1.81. The second kappa shape index (κ2) is 7.81. The normalized spacial score (nSPS) is 11.5. The minimum atomic E-state index is 1.06. The summed E-state index contributed by atoms with van der Waals surface area (Å²) < 4.78 is 0. The summed E-state index contributed by atoms with van der Waals surface area (Å²) in [5, 5.41) is 6.24. The molecule has 1 heteroatoms. The van der Waals surface area contributed by atoms with Gasteiger partial charge in [0.05, 0.1) is 5.52 Å². The van der Waals surface area contributed by atoms with Crippen molar-refractivity contribution in [3.63, 3.8) is 0 Å². The van der Waals surface area contributed by atoms with E-state index >= 15 is 0 Å². The smallest absolute Gasteiger partial charge is 0.0792 e. The van der Waals surface area contributed by atoms with E-state index in [0.29, 0.717) is 0 Å². The molecule has 6 rings (SSSR count). The van der Waals surface area contributed by atoms with Crippen molar-refractivity contribution in [2.75, 3.05) is 0 Å². The molecule has 0 saturated carbocycles. The molecule has 0 amide bonds. The van der Waals surface area contributed by atoms with Crippen LogP contribution in [0.15, 0.2) is 91.1 Å². The maximum Gasteiger partial charge on any atom is 0.0792 e. The number of pyridine rings is 1. The second-order valence-electron chi connectivity index (χ2n) is 9.39. The summed E-state index contributed by atoms with van der Waals surface area (Å²) in [6.07, 6.45) is 1.92. The Morgan fingerprint density at radius 1 is 0.500 bits per heavy atom. The average molecular weight is 438 g/mol. The summed E-state index contributed by atoms with van der Waals surface area (Å²) in [5.74, 6) is 0. The molecule has 0 unspecified atom stereocenters. The Kier molecular flexibility index (Phi) is 4.74. The molecule has 5 aromatic carbocycles. The fraction of sp³-hybridized carbons (Fsp3) is 0.121. The molecular weight excluding hydrogens is 410 g/mol. The summed E-state index contributed by atoms with van der Waals surface area (Å²) >= 11 is 0. The van der Waals surface area contributed by atoms with Gasteiger partial charge in [0, 0.05) is 17.1 Å². The third kappa shape index (κ3) is 3.04. The van der Waals surface area contributed by atoms with Crippen molar-refractivity contribution in [3.05, 3.63) is 113 Å². The largest absolute Gasteiger partial charge is 0.256 e. The average Bonchev–Trinajstić information content (AvgIpc) is 2.87. The molecule has 0 atom stereocenters. The molecule has 6 aromatic rings. The number of benzene rings is 5. The fourth-order valence-electron chi connectivity index (χ4n) is 5.50. The maximum absolute atomic E-state index is 4.98. The van der Waals surface area contributed by atoms with Gasteiger partial charge < -0.3 is 0 Å². The molecule has 0 bridgehead atoms. The molecule has 0 N–H and O–H groups in total. The first-order chi connectivity index (χ1) is 16.5. The van der Waals surface area contributed by atoms with Crippen molar-refractivity contribution in [2.24, 2.45) is 0 Å². The van der Waals surface area contributed by atoms with Gasteiger partial charge >= 0.3 is 0 Å². The third-order valence-electron chi connectivity index (χ3n) is 7.43. The molecule has 0 fully saturated rings. The molecule has 0 aliphatic rings. The van der Waals surface area contributed by atoms with Crippen LogP contribution in [0.2, 0.25) is 0 Å². The highest BCUT2D eigenvalue weighted by Crippen LogP contribution is 2.45. The van der Waals surface area contributed by atoms with Crippen LogP contribution in [0.3, 0.4) is 0 Å². The van der Waals surface area contributed by atoms with Gasteiger partial charge in [-0.1, -0.05) is 72.8 Å². The molecule has 0 saturated heterocycles. The van der Waals surface area contributed by atoms with Crippen LogP contribution < -0.4 is 0 Å². The quantitative estimate of drug-likeness (QED) is 0.246. The lowest BCUT2D eigenvalue weighted by atomic mass is 9.83. The summed E-state index contributed by atoms with van der Waals surface area (Å²) in [5.41, 5.74) is 11.5. The summed E-state index contributed by atoms with van der Waals surface area (Å²) in [7, 11) is 0. The van der Waals surface area contributed by atoms with Gasteiger partial charge in [0.2, 0.25) is 0 Å². The molecule has 34 heavy (non-hydrogen) atoms. The minimum absolute atomic E-state index is 1.06. The molecule has 0 spiro atoms. The van der Waals surface area contributed by atoms with Gasteiger partial charge in [-0.15, -0.1) is 0 Å². The van der Waals surface area contributed by atoms with Crippen molar-refractivity contribution < 1.29 is 0 Å². The zero-order valence-electron chi connectivity index (χ0n) is 20.1.